The van der Waals surface area contributed by atoms with Crippen LogP contribution in [0.5, 0.6) is 0 Å². The molecule has 2 rings (SSSR count). The number of nitrogens with zero attached hydrogens (tertiary/aromatic N) is 3. The van der Waals surface area contributed by atoms with E-state index in [4.69, 9.17) is 10.00 Å². The van der Waals surface area contributed by atoms with Gasteiger partial charge in [-0.15, -0.1) is 0 Å². The highest BCUT2D eigenvalue weighted by atomic mass is 16.6. The number of hydrogen-bond acceptors (Lipinski definition) is 4. The molecule has 0 atom stereocenters. The zero-order valence-electron chi connectivity index (χ0n) is 12.8. The lowest BCUT2D eigenvalue weighted by Gasteiger charge is -2.36. The molecule has 1 aliphatic rings. The second kappa shape index (κ2) is 6.04. The molecule has 0 bridgehead atoms. The first-order chi connectivity index (χ1) is 9.89. The predicted molar refractivity (Wildman–Crippen MR) is 81.2 cm³/mol. The molecule has 5 nitrogen and oxygen atoms in total. The molecule has 0 N–H and O–H groups in total. The van der Waals surface area contributed by atoms with Gasteiger partial charge >= 0.3 is 6.09 Å². The Kier molecular flexibility index (Phi) is 4.37. The highest BCUT2D eigenvalue weighted by Gasteiger charge is 2.25. The minimum absolute atomic E-state index is 0.257. The maximum Gasteiger partial charge on any atom is 0.410 e. The van der Waals surface area contributed by atoms with E-state index in [1.54, 1.807) is 11.0 Å². The number of ether oxygens (including phenoxy) is 1. The lowest BCUT2D eigenvalue weighted by atomic mass is 10.2. The Morgan fingerprint density at radius 3 is 2.48 bits per heavy atom. The number of nitriles is 1. The number of carbonyl (C=O) groups is 1. The molecular weight excluding hydrogens is 266 g/mol. The van der Waals surface area contributed by atoms with Crippen LogP contribution in [0.25, 0.3) is 0 Å². The zero-order valence-corrected chi connectivity index (χ0v) is 12.8. The summed E-state index contributed by atoms with van der Waals surface area (Å²) in [6, 6.07) is 9.69. The quantitative estimate of drug-likeness (QED) is 0.796. The van der Waals surface area contributed by atoms with Crippen LogP contribution < -0.4 is 4.90 Å². The average molecular weight is 287 g/mol. The fourth-order valence-corrected chi connectivity index (χ4v) is 2.25. The van der Waals surface area contributed by atoms with Crippen LogP contribution in [0.3, 0.4) is 0 Å². The van der Waals surface area contributed by atoms with Gasteiger partial charge in [-0.25, -0.2) is 4.79 Å². The van der Waals surface area contributed by atoms with Crippen molar-refractivity contribution >= 4 is 11.8 Å². The Morgan fingerprint density at radius 2 is 1.90 bits per heavy atom. The van der Waals surface area contributed by atoms with E-state index in [-0.39, 0.29) is 6.09 Å². The molecule has 0 unspecified atom stereocenters. The van der Waals surface area contributed by atoms with E-state index in [1.165, 1.54) is 0 Å². The van der Waals surface area contributed by atoms with E-state index in [0.29, 0.717) is 18.7 Å². The van der Waals surface area contributed by atoms with E-state index >= 15 is 0 Å². The predicted octanol–water partition coefficient (Wildman–Crippen LogP) is 2.62. The van der Waals surface area contributed by atoms with Gasteiger partial charge in [-0.1, -0.05) is 6.07 Å². The van der Waals surface area contributed by atoms with Gasteiger partial charge in [-0.05, 0) is 39.0 Å². The average Bonchev–Trinajstić information content (AvgIpc) is 2.46. The van der Waals surface area contributed by atoms with Crippen molar-refractivity contribution in [2.24, 2.45) is 0 Å². The molecule has 0 spiro atoms. The fraction of sp³-hybridized carbons (Fsp3) is 0.500. The van der Waals surface area contributed by atoms with Crippen LogP contribution in [0, 0.1) is 11.3 Å². The van der Waals surface area contributed by atoms with E-state index < -0.39 is 5.60 Å². The number of rotatable bonds is 1. The van der Waals surface area contributed by atoms with Gasteiger partial charge in [0.05, 0.1) is 11.6 Å². The smallest absolute Gasteiger partial charge is 0.410 e. The highest BCUT2D eigenvalue weighted by molar-refractivity contribution is 5.68. The van der Waals surface area contributed by atoms with Crippen LogP contribution in [0.15, 0.2) is 24.3 Å². The number of anilines is 1. The van der Waals surface area contributed by atoms with Crippen molar-refractivity contribution in [3.8, 4) is 6.07 Å². The zero-order chi connectivity index (χ0) is 15.5. The van der Waals surface area contributed by atoms with E-state index in [1.807, 2.05) is 39.0 Å². The van der Waals surface area contributed by atoms with Crippen LogP contribution in [-0.2, 0) is 4.74 Å². The van der Waals surface area contributed by atoms with Gasteiger partial charge in [0.25, 0.3) is 0 Å². The van der Waals surface area contributed by atoms with Crippen LogP contribution in [0.2, 0.25) is 0 Å². The van der Waals surface area contributed by atoms with E-state index in [2.05, 4.69) is 11.0 Å². The molecule has 1 aliphatic heterocycles. The lowest BCUT2D eigenvalue weighted by Crippen LogP contribution is -2.50. The minimum atomic E-state index is -0.463. The summed E-state index contributed by atoms with van der Waals surface area (Å²) in [7, 11) is 0. The second-order valence-corrected chi connectivity index (χ2v) is 6.12. The number of carbonyl (C=O) groups excluding carboxylic acids is 1. The molecule has 1 aromatic carbocycles. The lowest BCUT2D eigenvalue weighted by molar-refractivity contribution is 0.0240. The summed E-state index contributed by atoms with van der Waals surface area (Å²) in [6.07, 6.45) is -0.257. The number of piperazine rings is 1. The first-order valence-corrected chi connectivity index (χ1v) is 7.12. The minimum Gasteiger partial charge on any atom is -0.444 e. The third kappa shape index (κ3) is 4.12. The summed E-state index contributed by atoms with van der Waals surface area (Å²) in [5.74, 6) is 0. The van der Waals surface area contributed by atoms with Crippen molar-refractivity contribution in [3.63, 3.8) is 0 Å². The molecule has 0 aliphatic carbocycles. The Labute approximate surface area is 125 Å². The molecule has 0 aromatic heterocycles. The molecule has 1 heterocycles. The van der Waals surface area contributed by atoms with Crippen LogP contribution in [0.1, 0.15) is 26.3 Å². The van der Waals surface area contributed by atoms with Gasteiger partial charge in [-0.3, -0.25) is 0 Å². The Morgan fingerprint density at radius 1 is 1.24 bits per heavy atom. The highest BCUT2D eigenvalue weighted by Crippen LogP contribution is 2.19. The van der Waals surface area contributed by atoms with Gasteiger partial charge in [-0.2, -0.15) is 5.26 Å². The molecule has 1 aromatic rings. The Balaban J connectivity index is 1.94. The summed E-state index contributed by atoms with van der Waals surface area (Å²) >= 11 is 0. The molecule has 21 heavy (non-hydrogen) atoms. The normalized spacial score (nSPS) is 15.5. The summed E-state index contributed by atoms with van der Waals surface area (Å²) in [5.41, 5.74) is 1.22. The molecule has 1 fully saturated rings. The third-order valence-electron chi connectivity index (χ3n) is 3.27. The van der Waals surface area contributed by atoms with Crippen molar-refractivity contribution in [1.29, 1.82) is 5.26 Å². The van der Waals surface area contributed by atoms with Crippen molar-refractivity contribution in [1.82, 2.24) is 4.90 Å². The Hall–Kier alpha value is -2.22. The maximum atomic E-state index is 12.0. The van der Waals surface area contributed by atoms with Crippen LogP contribution in [-0.4, -0.2) is 42.8 Å². The van der Waals surface area contributed by atoms with Crippen molar-refractivity contribution in [2.45, 2.75) is 26.4 Å². The molecule has 0 radical (unpaired) electrons. The van der Waals surface area contributed by atoms with Crippen molar-refractivity contribution in [2.75, 3.05) is 31.1 Å². The fourth-order valence-electron chi connectivity index (χ4n) is 2.25. The monoisotopic (exact) mass is 287 g/mol. The molecule has 1 amide bonds. The first-order valence-electron chi connectivity index (χ1n) is 7.12. The Bertz CT molecular complexity index is 549. The van der Waals surface area contributed by atoms with E-state index in [0.717, 1.165) is 18.8 Å². The second-order valence-electron chi connectivity index (χ2n) is 6.12. The maximum absolute atomic E-state index is 12.0. The van der Waals surface area contributed by atoms with Gasteiger partial charge in [0.2, 0.25) is 0 Å². The molecule has 5 heteroatoms. The first kappa shape index (κ1) is 15.2. The molecular formula is C16H21N3O2. The van der Waals surface area contributed by atoms with Gasteiger partial charge in [0.15, 0.2) is 0 Å². The van der Waals surface area contributed by atoms with E-state index in [9.17, 15) is 4.79 Å². The largest absolute Gasteiger partial charge is 0.444 e. The molecule has 1 saturated heterocycles. The third-order valence-corrected chi connectivity index (χ3v) is 3.27. The summed E-state index contributed by atoms with van der Waals surface area (Å²) in [5, 5.41) is 8.95. The number of hydrogen-bond donors (Lipinski definition) is 0. The van der Waals surface area contributed by atoms with Gasteiger partial charge < -0.3 is 14.5 Å². The molecule has 0 saturated carbocycles. The van der Waals surface area contributed by atoms with Crippen LogP contribution >= 0.6 is 0 Å². The van der Waals surface area contributed by atoms with Gasteiger partial charge in [0.1, 0.15) is 5.60 Å². The number of amides is 1. The topological polar surface area (TPSA) is 56.6 Å². The van der Waals surface area contributed by atoms with Crippen molar-refractivity contribution < 1.29 is 9.53 Å². The summed E-state index contributed by atoms with van der Waals surface area (Å²) in [4.78, 5) is 15.9. The summed E-state index contributed by atoms with van der Waals surface area (Å²) < 4.78 is 5.38. The summed E-state index contributed by atoms with van der Waals surface area (Å²) in [6.45, 7) is 8.36. The van der Waals surface area contributed by atoms with Gasteiger partial charge in [0, 0.05) is 31.9 Å². The van der Waals surface area contributed by atoms with Crippen LogP contribution in [0.4, 0.5) is 10.5 Å². The molecule has 112 valence electrons. The number of benzene rings is 1. The SMILES string of the molecule is CC(C)(C)OC(=O)N1CCN(c2cccc(C#N)c2)CC1. The standard InChI is InChI=1S/C16H21N3O2/c1-16(2,3)21-15(20)19-9-7-18(8-10-19)14-6-4-5-13(11-14)12-17/h4-6,11H,7-10H2,1-3H3. The van der Waals surface area contributed by atoms with Crippen molar-refractivity contribution in [3.05, 3.63) is 29.8 Å².